The molecule has 1 aliphatic carbocycles. The van der Waals surface area contributed by atoms with Crippen LogP contribution in [0.4, 0.5) is 0 Å². The van der Waals surface area contributed by atoms with Crippen LogP contribution in [0.3, 0.4) is 0 Å². The van der Waals surface area contributed by atoms with E-state index in [2.05, 4.69) is 28.6 Å². The standard InChI is InChI=1S/C12H19N3O2S/c1-8(2)6-15-11(9-4-3-5-9)13-14-12(15)18-7-10(16)17/h8-9H,3-7H2,1-2H3,(H,16,17). The van der Waals surface area contributed by atoms with Crippen molar-refractivity contribution in [3.63, 3.8) is 0 Å². The molecule has 1 saturated carbocycles. The van der Waals surface area contributed by atoms with Crippen LogP contribution >= 0.6 is 11.8 Å². The van der Waals surface area contributed by atoms with Gasteiger partial charge in [-0.1, -0.05) is 32.0 Å². The predicted molar refractivity (Wildman–Crippen MR) is 69.8 cm³/mol. The van der Waals surface area contributed by atoms with Crippen molar-refractivity contribution in [2.45, 2.75) is 50.7 Å². The van der Waals surface area contributed by atoms with E-state index in [0.717, 1.165) is 17.5 Å². The fourth-order valence-corrected chi connectivity index (χ4v) is 2.71. The third-order valence-corrected chi connectivity index (χ3v) is 4.04. The zero-order valence-corrected chi connectivity index (χ0v) is 11.6. The molecule has 0 saturated heterocycles. The third kappa shape index (κ3) is 3.04. The lowest BCUT2D eigenvalue weighted by atomic mass is 9.85. The van der Waals surface area contributed by atoms with Crippen molar-refractivity contribution in [2.75, 3.05) is 5.75 Å². The summed E-state index contributed by atoms with van der Waals surface area (Å²) < 4.78 is 2.11. The molecule has 0 bridgehead atoms. The molecule has 0 aliphatic heterocycles. The number of carboxylic acids is 1. The van der Waals surface area contributed by atoms with Crippen molar-refractivity contribution in [3.8, 4) is 0 Å². The average Bonchev–Trinajstić information content (AvgIpc) is 2.56. The number of rotatable bonds is 6. The minimum Gasteiger partial charge on any atom is -0.481 e. The van der Waals surface area contributed by atoms with Crippen LogP contribution in [-0.2, 0) is 11.3 Å². The summed E-state index contributed by atoms with van der Waals surface area (Å²) in [4.78, 5) is 10.6. The second kappa shape index (κ2) is 5.73. The van der Waals surface area contributed by atoms with Gasteiger partial charge in [0.2, 0.25) is 0 Å². The van der Waals surface area contributed by atoms with Crippen LogP contribution in [0.1, 0.15) is 44.9 Å². The summed E-state index contributed by atoms with van der Waals surface area (Å²) in [6, 6.07) is 0. The Bertz CT molecular complexity index is 427. The zero-order valence-electron chi connectivity index (χ0n) is 10.8. The van der Waals surface area contributed by atoms with Gasteiger partial charge in [0.05, 0.1) is 5.75 Å². The monoisotopic (exact) mass is 269 g/mol. The van der Waals surface area contributed by atoms with Crippen molar-refractivity contribution >= 4 is 17.7 Å². The Labute approximate surface area is 111 Å². The molecule has 1 aliphatic rings. The smallest absolute Gasteiger partial charge is 0.313 e. The van der Waals surface area contributed by atoms with Crippen LogP contribution in [-0.4, -0.2) is 31.6 Å². The molecule has 18 heavy (non-hydrogen) atoms. The van der Waals surface area contributed by atoms with Gasteiger partial charge >= 0.3 is 5.97 Å². The highest BCUT2D eigenvalue weighted by atomic mass is 32.2. The fourth-order valence-electron chi connectivity index (χ4n) is 2.04. The van der Waals surface area contributed by atoms with E-state index in [1.807, 2.05) is 0 Å². The summed E-state index contributed by atoms with van der Waals surface area (Å²) in [5, 5.41) is 17.9. The average molecular weight is 269 g/mol. The van der Waals surface area contributed by atoms with E-state index in [1.54, 1.807) is 0 Å². The van der Waals surface area contributed by atoms with Gasteiger partial charge in [-0.3, -0.25) is 4.79 Å². The van der Waals surface area contributed by atoms with Gasteiger partial charge in [-0.15, -0.1) is 10.2 Å². The summed E-state index contributed by atoms with van der Waals surface area (Å²) in [5.41, 5.74) is 0. The topological polar surface area (TPSA) is 68.0 Å². The molecule has 0 atom stereocenters. The van der Waals surface area contributed by atoms with Crippen LogP contribution < -0.4 is 0 Å². The number of nitrogens with zero attached hydrogens (tertiary/aromatic N) is 3. The lowest BCUT2D eigenvalue weighted by molar-refractivity contribution is -0.133. The van der Waals surface area contributed by atoms with E-state index >= 15 is 0 Å². The van der Waals surface area contributed by atoms with Crippen LogP contribution in [0.25, 0.3) is 0 Å². The van der Waals surface area contributed by atoms with E-state index in [4.69, 9.17) is 5.11 Å². The molecule has 1 N–H and O–H groups in total. The number of carbonyl (C=O) groups is 1. The van der Waals surface area contributed by atoms with Crippen molar-refractivity contribution in [1.29, 1.82) is 0 Å². The maximum absolute atomic E-state index is 10.6. The first-order chi connectivity index (χ1) is 8.58. The second-order valence-corrected chi connectivity index (χ2v) is 6.10. The Morgan fingerprint density at radius 3 is 2.72 bits per heavy atom. The van der Waals surface area contributed by atoms with Gasteiger partial charge in [-0.2, -0.15) is 0 Å². The number of aliphatic carboxylic acids is 1. The highest BCUT2D eigenvalue weighted by Crippen LogP contribution is 2.36. The van der Waals surface area contributed by atoms with Crippen LogP contribution in [0.5, 0.6) is 0 Å². The van der Waals surface area contributed by atoms with E-state index in [-0.39, 0.29) is 5.75 Å². The molecule has 100 valence electrons. The van der Waals surface area contributed by atoms with Gasteiger partial charge in [-0.25, -0.2) is 0 Å². The molecule has 0 unspecified atom stereocenters. The van der Waals surface area contributed by atoms with E-state index in [1.165, 1.54) is 31.0 Å². The summed E-state index contributed by atoms with van der Waals surface area (Å²) in [6.45, 7) is 5.16. The Hall–Kier alpha value is -1.04. The lowest BCUT2D eigenvalue weighted by Crippen LogP contribution is -2.18. The van der Waals surface area contributed by atoms with Crippen molar-refractivity contribution in [3.05, 3.63) is 5.82 Å². The number of hydrogen-bond donors (Lipinski definition) is 1. The van der Waals surface area contributed by atoms with Crippen LogP contribution in [0.2, 0.25) is 0 Å². The Balaban J connectivity index is 2.16. The molecular formula is C12H19N3O2S. The van der Waals surface area contributed by atoms with Gasteiger partial charge in [0.25, 0.3) is 0 Å². The van der Waals surface area contributed by atoms with Gasteiger partial charge in [-0.05, 0) is 18.8 Å². The van der Waals surface area contributed by atoms with E-state index < -0.39 is 5.97 Å². The Morgan fingerprint density at radius 2 is 2.22 bits per heavy atom. The molecule has 1 fully saturated rings. The van der Waals surface area contributed by atoms with Gasteiger partial charge in [0, 0.05) is 12.5 Å². The fraction of sp³-hybridized carbons (Fsp3) is 0.750. The maximum Gasteiger partial charge on any atom is 0.313 e. The molecule has 2 rings (SSSR count). The van der Waals surface area contributed by atoms with E-state index in [9.17, 15) is 4.79 Å². The summed E-state index contributed by atoms with van der Waals surface area (Å²) in [6.07, 6.45) is 3.62. The number of aromatic nitrogens is 3. The first kappa shape index (κ1) is 13.4. The Kier molecular flexibility index (Phi) is 4.27. The molecule has 6 heteroatoms. The highest BCUT2D eigenvalue weighted by Gasteiger charge is 2.27. The summed E-state index contributed by atoms with van der Waals surface area (Å²) >= 11 is 1.26. The lowest BCUT2D eigenvalue weighted by Gasteiger charge is -2.25. The molecular weight excluding hydrogens is 250 g/mol. The van der Waals surface area contributed by atoms with Crippen molar-refractivity contribution in [2.24, 2.45) is 5.92 Å². The number of hydrogen-bond acceptors (Lipinski definition) is 4. The van der Waals surface area contributed by atoms with Crippen LogP contribution in [0.15, 0.2) is 5.16 Å². The molecule has 0 amide bonds. The van der Waals surface area contributed by atoms with Crippen LogP contribution in [0, 0.1) is 5.92 Å². The molecule has 0 aromatic carbocycles. The maximum atomic E-state index is 10.6. The molecule has 1 aromatic heterocycles. The number of carboxylic acid groups (broad SMARTS) is 1. The van der Waals surface area contributed by atoms with Crippen molar-refractivity contribution < 1.29 is 9.90 Å². The third-order valence-electron chi connectivity index (χ3n) is 3.09. The summed E-state index contributed by atoms with van der Waals surface area (Å²) in [5.74, 6) is 1.30. The quantitative estimate of drug-likeness (QED) is 0.803. The normalized spacial score (nSPS) is 15.9. The molecule has 1 heterocycles. The van der Waals surface area contributed by atoms with Gasteiger partial charge < -0.3 is 9.67 Å². The molecule has 0 spiro atoms. The minimum absolute atomic E-state index is 0.0426. The Morgan fingerprint density at radius 1 is 1.50 bits per heavy atom. The van der Waals surface area contributed by atoms with Gasteiger partial charge in [0.1, 0.15) is 5.82 Å². The second-order valence-electron chi connectivity index (χ2n) is 5.16. The molecule has 0 radical (unpaired) electrons. The SMILES string of the molecule is CC(C)Cn1c(SCC(=O)O)nnc1C1CCC1. The largest absolute Gasteiger partial charge is 0.481 e. The van der Waals surface area contributed by atoms with Crippen molar-refractivity contribution in [1.82, 2.24) is 14.8 Å². The first-order valence-corrected chi connectivity index (χ1v) is 7.34. The summed E-state index contributed by atoms with van der Waals surface area (Å²) in [7, 11) is 0. The zero-order chi connectivity index (χ0) is 13.1. The molecule has 5 nitrogen and oxygen atoms in total. The molecule has 1 aromatic rings. The number of thioether (sulfide) groups is 1. The minimum atomic E-state index is -0.815. The first-order valence-electron chi connectivity index (χ1n) is 6.35. The highest BCUT2D eigenvalue weighted by molar-refractivity contribution is 7.99. The predicted octanol–water partition coefficient (Wildman–Crippen LogP) is 2.38. The van der Waals surface area contributed by atoms with E-state index in [0.29, 0.717) is 11.8 Å². The van der Waals surface area contributed by atoms with Gasteiger partial charge in [0.15, 0.2) is 5.16 Å².